The maximum absolute atomic E-state index is 13.4. The average Bonchev–Trinajstić information content (AvgIpc) is 3.38. The Morgan fingerprint density at radius 1 is 1.05 bits per heavy atom. The number of benzene rings is 1. The van der Waals surface area contributed by atoms with Crippen LogP contribution in [0, 0.1) is 0 Å². The maximum atomic E-state index is 13.4. The smallest absolute Gasteiger partial charge is 0.434 e. The number of methoxy groups -OCH3 is 1. The number of nitrogens with zero attached hydrogens (tertiary/aromatic N) is 8. The van der Waals surface area contributed by atoms with Gasteiger partial charge in [0.1, 0.15) is 35.3 Å². The molecular formula is C31H27F3N8O2. The molecule has 0 bridgehead atoms. The predicted molar refractivity (Wildman–Crippen MR) is 155 cm³/mol. The summed E-state index contributed by atoms with van der Waals surface area (Å²) >= 11 is 0. The maximum Gasteiger partial charge on any atom is 0.434 e. The highest BCUT2D eigenvalue weighted by atomic mass is 19.4. The number of rotatable bonds is 8. The van der Waals surface area contributed by atoms with Gasteiger partial charge in [-0.15, -0.1) is 0 Å². The van der Waals surface area contributed by atoms with Crippen LogP contribution >= 0.6 is 0 Å². The number of alkyl halides is 3. The Balaban J connectivity index is 1.30. The lowest BCUT2D eigenvalue weighted by atomic mass is 10.1. The molecule has 0 N–H and O–H groups in total. The van der Waals surface area contributed by atoms with Gasteiger partial charge in [-0.05, 0) is 38.3 Å². The molecule has 6 aromatic rings. The summed E-state index contributed by atoms with van der Waals surface area (Å²) in [7, 11) is 1.56. The number of ether oxygens (including phenoxy) is 1. The second kappa shape index (κ2) is 10.6. The molecule has 44 heavy (non-hydrogen) atoms. The number of halogens is 3. The van der Waals surface area contributed by atoms with Crippen LogP contribution < -0.4 is 4.74 Å². The van der Waals surface area contributed by atoms with Crippen molar-refractivity contribution in [2.24, 2.45) is 0 Å². The Labute approximate surface area is 249 Å². The van der Waals surface area contributed by atoms with Crippen LogP contribution in [0.15, 0.2) is 65.9 Å². The van der Waals surface area contributed by atoms with E-state index in [-0.39, 0.29) is 11.9 Å². The Morgan fingerprint density at radius 3 is 2.50 bits per heavy atom. The minimum Gasteiger partial charge on any atom is -0.480 e. The van der Waals surface area contributed by atoms with Crippen molar-refractivity contribution in [2.75, 3.05) is 7.11 Å². The number of imidazole rings is 1. The molecule has 10 nitrogen and oxygen atoms in total. The molecule has 1 fully saturated rings. The van der Waals surface area contributed by atoms with E-state index >= 15 is 0 Å². The second-order valence-electron chi connectivity index (χ2n) is 11.0. The molecule has 0 atom stereocenters. The molecule has 0 aliphatic heterocycles. The second-order valence-corrected chi connectivity index (χ2v) is 11.0. The first-order chi connectivity index (χ1) is 21.2. The van der Waals surface area contributed by atoms with Crippen molar-refractivity contribution >= 4 is 11.0 Å². The van der Waals surface area contributed by atoms with Gasteiger partial charge >= 0.3 is 6.18 Å². The molecule has 5 heterocycles. The highest BCUT2D eigenvalue weighted by Crippen LogP contribution is 2.45. The van der Waals surface area contributed by atoms with E-state index in [2.05, 4.69) is 24.9 Å². The molecule has 0 saturated heterocycles. The van der Waals surface area contributed by atoms with Gasteiger partial charge in [0, 0.05) is 41.8 Å². The molecule has 5 aromatic heterocycles. The van der Waals surface area contributed by atoms with E-state index in [0.717, 1.165) is 35.7 Å². The fourth-order valence-corrected chi connectivity index (χ4v) is 5.34. The number of fused-ring (bicyclic) bond motifs is 1. The standard InChI is InChI=1S/C31H27F3N8O2/c1-17(2)41-15-23(31(32,33)34)39-27(41)20-6-4-18(5-7-20)14-42-22(29-35-10-11-44-29)12-21-13-36-26(40-28(21)42)24-25(19-8-9-19)37-16-38-30(24)43-3/h4-7,10-13,15-17,19H,8-9,14H2,1-3H3. The van der Waals surface area contributed by atoms with E-state index in [4.69, 9.17) is 14.1 Å². The monoisotopic (exact) mass is 600 g/mol. The van der Waals surface area contributed by atoms with E-state index in [9.17, 15) is 13.2 Å². The zero-order valence-corrected chi connectivity index (χ0v) is 24.1. The number of oxazole rings is 1. The van der Waals surface area contributed by atoms with Crippen molar-refractivity contribution in [1.29, 1.82) is 0 Å². The summed E-state index contributed by atoms with van der Waals surface area (Å²) in [6, 6.07) is 9.01. The van der Waals surface area contributed by atoms with Crippen LogP contribution in [0.3, 0.4) is 0 Å². The fraction of sp³-hybridized carbons (Fsp3) is 0.290. The van der Waals surface area contributed by atoms with Crippen LogP contribution in [0.5, 0.6) is 5.88 Å². The van der Waals surface area contributed by atoms with Crippen LogP contribution in [0.25, 0.3) is 45.4 Å². The van der Waals surface area contributed by atoms with Crippen molar-refractivity contribution in [1.82, 2.24) is 39.0 Å². The molecule has 7 rings (SSSR count). The summed E-state index contributed by atoms with van der Waals surface area (Å²) in [5, 5.41) is 0.779. The highest BCUT2D eigenvalue weighted by molar-refractivity contribution is 5.84. The van der Waals surface area contributed by atoms with Crippen molar-refractivity contribution in [3.05, 3.63) is 78.5 Å². The third-order valence-electron chi connectivity index (χ3n) is 7.64. The van der Waals surface area contributed by atoms with Crippen LogP contribution in [0.1, 0.15) is 55.6 Å². The minimum absolute atomic E-state index is 0.203. The van der Waals surface area contributed by atoms with Crippen molar-refractivity contribution in [3.8, 4) is 40.2 Å². The fourth-order valence-electron chi connectivity index (χ4n) is 5.34. The van der Waals surface area contributed by atoms with Crippen LogP contribution in [-0.2, 0) is 12.7 Å². The van der Waals surface area contributed by atoms with E-state index in [1.54, 1.807) is 31.6 Å². The van der Waals surface area contributed by atoms with E-state index in [0.29, 0.717) is 52.5 Å². The molecule has 0 amide bonds. The molecule has 0 unspecified atom stereocenters. The van der Waals surface area contributed by atoms with Gasteiger partial charge < -0.3 is 18.3 Å². The molecule has 1 aliphatic rings. The summed E-state index contributed by atoms with van der Waals surface area (Å²) in [6.45, 7) is 4.02. The summed E-state index contributed by atoms with van der Waals surface area (Å²) in [5.41, 5.74) is 3.43. The zero-order chi connectivity index (χ0) is 30.6. The van der Waals surface area contributed by atoms with Crippen molar-refractivity contribution in [2.45, 2.75) is 51.4 Å². The van der Waals surface area contributed by atoms with Crippen molar-refractivity contribution < 1.29 is 22.3 Å². The largest absolute Gasteiger partial charge is 0.480 e. The number of aromatic nitrogens is 8. The van der Waals surface area contributed by atoms with E-state index < -0.39 is 11.9 Å². The molecule has 0 radical (unpaired) electrons. The lowest BCUT2D eigenvalue weighted by Crippen LogP contribution is -2.06. The third kappa shape index (κ3) is 4.97. The lowest BCUT2D eigenvalue weighted by Gasteiger charge is -2.13. The van der Waals surface area contributed by atoms with Gasteiger partial charge in [-0.3, -0.25) is 0 Å². The number of hydrogen-bond donors (Lipinski definition) is 0. The van der Waals surface area contributed by atoms with Gasteiger partial charge in [0.2, 0.25) is 11.8 Å². The topological polar surface area (TPSA) is 110 Å². The first-order valence-electron chi connectivity index (χ1n) is 14.1. The molecule has 1 aromatic carbocycles. The molecule has 13 heteroatoms. The van der Waals surface area contributed by atoms with Crippen LogP contribution in [-0.4, -0.2) is 46.1 Å². The van der Waals surface area contributed by atoms with Gasteiger partial charge in [0.15, 0.2) is 11.5 Å². The van der Waals surface area contributed by atoms with Gasteiger partial charge in [0.05, 0.1) is 19.0 Å². The summed E-state index contributed by atoms with van der Waals surface area (Å²) in [6.07, 6.45) is 4.91. The van der Waals surface area contributed by atoms with Gasteiger partial charge in [-0.1, -0.05) is 24.3 Å². The summed E-state index contributed by atoms with van der Waals surface area (Å²) in [5.74, 6) is 1.85. The summed E-state index contributed by atoms with van der Waals surface area (Å²) < 4.78 is 55.1. The first-order valence-corrected chi connectivity index (χ1v) is 14.1. The van der Waals surface area contributed by atoms with Gasteiger partial charge in [0.25, 0.3) is 0 Å². The Hall–Kier alpha value is -5.07. The van der Waals surface area contributed by atoms with Gasteiger partial charge in [-0.2, -0.15) is 13.2 Å². The lowest BCUT2D eigenvalue weighted by molar-refractivity contribution is -0.140. The Kier molecular flexibility index (Phi) is 6.67. The first kappa shape index (κ1) is 27.7. The predicted octanol–water partition coefficient (Wildman–Crippen LogP) is 6.94. The molecule has 1 saturated carbocycles. The van der Waals surface area contributed by atoms with E-state index in [1.807, 2.05) is 36.6 Å². The van der Waals surface area contributed by atoms with Crippen molar-refractivity contribution in [3.63, 3.8) is 0 Å². The van der Waals surface area contributed by atoms with Crippen LogP contribution in [0.4, 0.5) is 13.2 Å². The molecule has 1 aliphatic carbocycles. The van der Waals surface area contributed by atoms with Gasteiger partial charge in [-0.25, -0.2) is 29.9 Å². The quantitative estimate of drug-likeness (QED) is 0.185. The average molecular weight is 601 g/mol. The SMILES string of the molecule is COc1ncnc(C2CC2)c1-c1ncc2cc(-c3ncco3)n(Cc3ccc(-c4nc(C(F)(F)F)cn4C(C)C)cc3)c2n1. The normalized spacial score (nSPS) is 13.7. The highest BCUT2D eigenvalue weighted by Gasteiger charge is 2.35. The Bertz CT molecular complexity index is 1960. The molecule has 0 spiro atoms. The zero-order valence-electron chi connectivity index (χ0n) is 24.1. The van der Waals surface area contributed by atoms with E-state index in [1.165, 1.54) is 17.2 Å². The minimum atomic E-state index is -4.53. The number of hydrogen-bond acceptors (Lipinski definition) is 8. The molecular weight excluding hydrogens is 573 g/mol. The van der Waals surface area contributed by atoms with Crippen LogP contribution in [0.2, 0.25) is 0 Å². The Morgan fingerprint density at radius 2 is 1.84 bits per heavy atom. The summed E-state index contributed by atoms with van der Waals surface area (Å²) in [4.78, 5) is 26.8. The third-order valence-corrected chi connectivity index (χ3v) is 7.64. The molecule has 224 valence electrons.